The zero-order chi connectivity index (χ0) is 14.5. The van der Waals surface area contributed by atoms with Crippen LogP contribution in [0.15, 0.2) is 28.7 Å². The molecule has 5 heteroatoms. The first-order valence-corrected chi connectivity index (χ1v) is 7.83. The number of para-hydroxylation sites is 1. The van der Waals surface area contributed by atoms with Crippen molar-refractivity contribution in [3.05, 3.63) is 28.7 Å². The third kappa shape index (κ3) is 3.73. The summed E-state index contributed by atoms with van der Waals surface area (Å²) in [6, 6.07) is 7.60. The van der Waals surface area contributed by atoms with E-state index in [0.29, 0.717) is 5.75 Å². The Morgan fingerprint density at radius 2 is 1.95 bits per heavy atom. The molecule has 1 heterocycles. The second-order valence-electron chi connectivity index (χ2n) is 4.95. The molecule has 0 saturated carbocycles. The predicted molar refractivity (Wildman–Crippen MR) is 82.9 cm³/mol. The maximum absolute atomic E-state index is 12.4. The largest absolute Gasteiger partial charge is 0.480 e. The van der Waals surface area contributed by atoms with Crippen LogP contribution >= 0.6 is 15.9 Å². The quantitative estimate of drug-likeness (QED) is 0.843. The average molecular weight is 341 g/mol. The SMILES string of the molecule is CCN1CCN(C(=O)C(C)Oc2ccccc2Br)CC1. The molecule has 1 atom stereocenters. The van der Waals surface area contributed by atoms with Gasteiger partial charge in [0, 0.05) is 26.2 Å². The summed E-state index contributed by atoms with van der Waals surface area (Å²) in [6.45, 7) is 8.48. The molecule has 0 radical (unpaired) electrons. The van der Waals surface area contributed by atoms with E-state index in [0.717, 1.165) is 37.2 Å². The first-order valence-electron chi connectivity index (χ1n) is 7.04. The van der Waals surface area contributed by atoms with Gasteiger partial charge in [-0.3, -0.25) is 4.79 Å². The third-order valence-electron chi connectivity index (χ3n) is 3.62. The van der Waals surface area contributed by atoms with E-state index in [9.17, 15) is 4.79 Å². The van der Waals surface area contributed by atoms with Crippen molar-refractivity contribution in [1.82, 2.24) is 9.80 Å². The summed E-state index contributed by atoms with van der Waals surface area (Å²) in [5.41, 5.74) is 0. The van der Waals surface area contributed by atoms with E-state index < -0.39 is 6.10 Å². The number of carbonyl (C=O) groups excluding carboxylic acids is 1. The fourth-order valence-corrected chi connectivity index (χ4v) is 2.70. The molecular formula is C15H21BrN2O2. The first kappa shape index (κ1) is 15.3. The molecule has 1 aliphatic heterocycles. The Labute approximate surface area is 128 Å². The molecule has 1 saturated heterocycles. The summed E-state index contributed by atoms with van der Waals surface area (Å²) in [4.78, 5) is 16.6. The van der Waals surface area contributed by atoms with Gasteiger partial charge in [-0.2, -0.15) is 0 Å². The number of likely N-dealkylation sites (N-methyl/N-ethyl adjacent to an activating group) is 1. The standard InChI is InChI=1S/C15H21BrN2O2/c1-3-17-8-10-18(11-9-17)15(19)12(2)20-14-7-5-4-6-13(14)16/h4-7,12H,3,8-11H2,1-2H3. The molecular weight excluding hydrogens is 320 g/mol. The number of benzene rings is 1. The van der Waals surface area contributed by atoms with Gasteiger partial charge in [-0.15, -0.1) is 0 Å². The zero-order valence-corrected chi connectivity index (χ0v) is 13.6. The zero-order valence-electron chi connectivity index (χ0n) is 12.0. The molecule has 1 unspecified atom stereocenters. The highest BCUT2D eigenvalue weighted by Gasteiger charge is 2.25. The molecule has 1 aliphatic rings. The van der Waals surface area contributed by atoms with Gasteiger partial charge >= 0.3 is 0 Å². The van der Waals surface area contributed by atoms with Crippen LogP contribution in [0, 0.1) is 0 Å². The fourth-order valence-electron chi connectivity index (χ4n) is 2.32. The van der Waals surface area contributed by atoms with Crippen molar-refractivity contribution >= 4 is 21.8 Å². The second kappa shape index (κ2) is 7.09. The summed E-state index contributed by atoms with van der Waals surface area (Å²) in [6.07, 6.45) is -0.457. The maximum Gasteiger partial charge on any atom is 0.263 e. The number of hydrogen-bond acceptors (Lipinski definition) is 3. The van der Waals surface area contributed by atoms with Crippen molar-refractivity contribution in [2.24, 2.45) is 0 Å². The topological polar surface area (TPSA) is 32.8 Å². The van der Waals surface area contributed by atoms with Crippen LogP contribution in [0.1, 0.15) is 13.8 Å². The molecule has 1 amide bonds. The minimum atomic E-state index is -0.457. The van der Waals surface area contributed by atoms with Gasteiger partial charge in [0.05, 0.1) is 4.47 Å². The van der Waals surface area contributed by atoms with Crippen LogP contribution in [0.2, 0.25) is 0 Å². The Hall–Kier alpha value is -1.07. The van der Waals surface area contributed by atoms with Crippen LogP contribution in [0.5, 0.6) is 5.75 Å². The number of carbonyl (C=O) groups is 1. The van der Waals surface area contributed by atoms with E-state index in [2.05, 4.69) is 27.8 Å². The maximum atomic E-state index is 12.4. The van der Waals surface area contributed by atoms with Crippen molar-refractivity contribution < 1.29 is 9.53 Å². The Balaban J connectivity index is 1.91. The Bertz CT molecular complexity index is 459. The lowest BCUT2D eigenvalue weighted by Crippen LogP contribution is -2.51. The second-order valence-corrected chi connectivity index (χ2v) is 5.80. The van der Waals surface area contributed by atoms with E-state index in [1.54, 1.807) is 0 Å². The fraction of sp³-hybridized carbons (Fsp3) is 0.533. The van der Waals surface area contributed by atoms with Gasteiger partial charge < -0.3 is 14.5 Å². The Kier molecular flexibility index (Phi) is 5.43. The number of rotatable bonds is 4. The van der Waals surface area contributed by atoms with Crippen LogP contribution < -0.4 is 4.74 Å². The van der Waals surface area contributed by atoms with E-state index in [4.69, 9.17) is 4.74 Å². The number of amides is 1. The summed E-state index contributed by atoms with van der Waals surface area (Å²) in [5.74, 6) is 0.775. The molecule has 1 aromatic carbocycles. The number of ether oxygens (including phenoxy) is 1. The van der Waals surface area contributed by atoms with Crippen LogP contribution in [-0.2, 0) is 4.79 Å². The smallest absolute Gasteiger partial charge is 0.263 e. The van der Waals surface area contributed by atoms with Gasteiger partial charge in [-0.1, -0.05) is 19.1 Å². The Morgan fingerprint density at radius 3 is 2.55 bits per heavy atom. The minimum Gasteiger partial charge on any atom is -0.480 e. The van der Waals surface area contributed by atoms with Crippen LogP contribution in [0.25, 0.3) is 0 Å². The lowest BCUT2D eigenvalue weighted by Gasteiger charge is -2.35. The van der Waals surface area contributed by atoms with Crippen molar-refractivity contribution in [3.63, 3.8) is 0 Å². The monoisotopic (exact) mass is 340 g/mol. The van der Waals surface area contributed by atoms with E-state index in [1.807, 2.05) is 36.1 Å². The predicted octanol–water partition coefficient (Wildman–Crippen LogP) is 2.38. The molecule has 2 rings (SSSR count). The summed E-state index contributed by atoms with van der Waals surface area (Å²) >= 11 is 3.43. The lowest BCUT2D eigenvalue weighted by molar-refractivity contribution is -0.139. The normalized spacial score (nSPS) is 17.9. The highest BCUT2D eigenvalue weighted by atomic mass is 79.9. The number of halogens is 1. The van der Waals surface area contributed by atoms with E-state index in [1.165, 1.54) is 0 Å². The van der Waals surface area contributed by atoms with Gasteiger partial charge in [0.15, 0.2) is 6.10 Å². The van der Waals surface area contributed by atoms with Gasteiger partial charge in [-0.05, 0) is 41.5 Å². The third-order valence-corrected chi connectivity index (χ3v) is 4.27. The molecule has 1 fully saturated rings. The number of piperazine rings is 1. The summed E-state index contributed by atoms with van der Waals surface area (Å²) in [5, 5.41) is 0. The summed E-state index contributed by atoms with van der Waals surface area (Å²) in [7, 11) is 0. The van der Waals surface area contributed by atoms with Crippen LogP contribution in [0.4, 0.5) is 0 Å². The summed E-state index contributed by atoms with van der Waals surface area (Å²) < 4.78 is 6.63. The van der Waals surface area contributed by atoms with Gasteiger partial charge in [0.1, 0.15) is 5.75 Å². The molecule has 0 aromatic heterocycles. The van der Waals surface area contributed by atoms with Crippen molar-refractivity contribution in [2.75, 3.05) is 32.7 Å². The molecule has 4 nitrogen and oxygen atoms in total. The molecule has 1 aromatic rings. The molecule has 0 aliphatic carbocycles. The lowest BCUT2D eigenvalue weighted by atomic mass is 10.2. The molecule has 0 bridgehead atoms. The average Bonchev–Trinajstić information content (AvgIpc) is 2.49. The highest BCUT2D eigenvalue weighted by molar-refractivity contribution is 9.10. The minimum absolute atomic E-state index is 0.0662. The van der Waals surface area contributed by atoms with Crippen molar-refractivity contribution in [3.8, 4) is 5.75 Å². The van der Waals surface area contributed by atoms with Gasteiger partial charge in [0.25, 0.3) is 5.91 Å². The molecule has 110 valence electrons. The van der Waals surface area contributed by atoms with E-state index >= 15 is 0 Å². The van der Waals surface area contributed by atoms with Gasteiger partial charge in [0.2, 0.25) is 0 Å². The van der Waals surface area contributed by atoms with Crippen LogP contribution in [0.3, 0.4) is 0 Å². The first-order chi connectivity index (χ1) is 9.61. The Morgan fingerprint density at radius 1 is 1.30 bits per heavy atom. The molecule has 0 N–H and O–H groups in total. The number of hydrogen-bond donors (Lipinski definition) is 0. The highest BCUT2D eigenvalue weighted by Crippen LogP contribution is 2.25. The van der Waals surface area contributed by atoms with Crippen molar-refractivity contribution in [2.45, 2.75) is 20.0 Å². The van der Waals surface area contributed by atoms with Crippen LogP contribution in [-0.4, -0.2) is 54.5 Å². The van der Waals surface area contributed by atoms with Gasteiger partial charge in [-0.25, -0.2) is 0 Å². The number of nitrogens with zero attached hydrogens (tertiary/aromatic N) is 2. The van der Waals surface area contributed by atoms with E-state index in [-0.39, 0.29) is 5.91 Å². The molecule has 0 spiro atoms. The van der Waals surface area contributed by atoms with Crippen molar-refractivity contribution in [1.29, 1.82) is 0 Å². The molecule has 20 heavy (non-hydrogen) atoms.